The number of aryl methyl sites for hydroxylation is 2. The second-order valence-corrected chi connectivity index (χ2v) is 9.02. The molecule has 1 N–H and O–H groups in total. The third-order valence-electron chi connectivity index (χ3n) is 5.40. The minimum absolute atomic E-state index is 0.0108. The monoisotopic (exact) mass is 474 g/mol. The third kappa shape index (κ3) is 6.54. The van der Waals surface area contributed by atoms with Crippen molar-refractivity contribution in [2.45, 2.75) is 37.1 Å². The highest BCUT2D eigenvalue weighted by Gasteiger charge is 2.16. The molecule has 3 aromatic carbocycles. The Kier molecular flexibility index (Phi) is 8.09. The number of hydrogen-bond acceptors (Lipinski definition) is 4. The highest BCUT2D eigenvalue weighted by molar-refractivity contribution is 7.98. The normalized spacial score (nSPS) is 10.9. The number of carbonyl (C=O) groups excluding carboxylic acids is 1. The van der Waals surface area contributed by atoms with E-state index in [0.29, 0.717) is 30.3 Å². The van der Waals surface area contributed by atoms with Crippen molar-refractivity contribution < 1.29 is 9.18 Å². The molecule has 0 atom stereocenters. The maximum atomic E-state index is 13.6. The lowest BCUT2D eigenvalue weighted by molar-refractivity contribution is -0.121. The number of hydrogen-bond donors (Lipinski definition) is 1. The quantitative estimate of drug-likeness (QED) is 0.317. The van der Waals surface area contributed by atoms with E-state index in [-0.39, 0.29) is 11.7 Å². The topological polar surface area (TPSA) is 59.8 Å². The van der Waals surface area contributed by atoms with Crippen LogP contribution in [0.4, 0.5) is 4.39 Å². The molecule has 1 aromatic heterocycles. The molecule has 0 saturated heterocycles. The van der Waals surface area contributed by atoms with E-state index >= 15 is 0 Å². The van der Waals surface area contributed by atoms with Crippen molar-refractivity contribution in [3.8, 4) is 5.69 Å². The smallest absolute Gasteiger partial charge is 0.220 e. The van der Waals surface area contributed by atoms with Crippen LogP contribution in [0.3, 0.4) is 0 Å². The fourth-order valence-corrected chi connectivity index (χ4v) is 4.50. The molecular formula is C27H27FN4OS. The van der Waals surface area contributed by atoms with Crippen LogP contribution >= 0.6 is 11.8 Å². The van der Waals surface area contributed by atoms with E-state index in [4.69, 9.17) is 0 Å². The van der Waals surface area contributed by atoms with Gasteiger partial charge in [-0.05, 0) is 48.7 Å². The molecule has 1 amide bonds. The number of benzene rings is 3. The number of amides is 1. The average Bonchev–Trinajstić information content (AvgIpc) is 3.25. The molecule has 0 spiro atoms. The van der Waals surface area contributed by atoms with Crippen LogP contribution in [0.5, 0.6) is 0 Å². The summed E-state index contributed by atoms with van der Waals surface area (Å²) in [6, 6.07) is 24.8. The molecule has 0 bridgehead atoms. The lowest BCUT2D eigenvalue weighted by Crippen LogP contribution is -2.26. The van der Waals surface area contributed by atoms with E-state index in [1.165, 1.54) is 29.5 Å². The van der Waals surface area contributed by atoms with Gasteiger partial charge in [-0.1, -0.05) is 71.9 Å². The summed E-state index contributed by atoms with van der Waals surface area (Å²) in [5.74, 6) is 1.03. The van der Waals surface area contributed by atoms with Crippen LogP contribution in [0.25, 0.3) is 5.69 Å². The molecule has 7 heteroatoms. The molecule has 0 radical (unpaired) electrons. The molecule has 0 unspecified atom stereocenters. The summed E-state index contributed by atoms with van der Waals surface area (Å²) >= 11 is 1.50. The molecule has 0 fully saturated rings. The fraction of sp³-hybridized carbons (Fsp3) is 0.222. The molecule has 174 valence electrons. The maximum Gasteiger partial charge on any atom is 0.220 e. The summed E-state index contributed by atoms with van der Waals surface area (Å²) in [6.07, 6.45) is 1.60. The number of halogens is 1. The Morgan fingerprint density at radius 2 is 1.71 bits per heavy atom. The minimum atomic E-state index is -0.253. The first-order valence-electron chi connectivity index (χ1n) is 11.3. The Morgan fingerprint density at radius 3 is 2.47 bits per heavy atom. The van der Waals surface area contributed by atoms with Gasteiger partial charge in [0.15, 0.2) is 5.16 Å². The largest absolute Gasteiger partial charge is 0.356 e. The van der Waals surface area contributed by atoms with Crippen molar-refractivity contribution in [3.63, 3.8) is 0 Å². The predicted octanol–water partition coefficient (Wildman–Crippen LogP) is 5.30. The van der Waals surface area contributed by atoms with Crippen molar-refractivity contribution in [3.05, 3.63) is 107 Å². The molecule has 0 saturated carbocycles. The van der Waals surface area contributed by atoms with E-state index in [0.717, 1.165) is 29.1 Å². The van der Waals surface area contributed by atoms with Gasteiger partial charge in [-0.25, -0.2) is 4.39 Å². The lowest BCUT2D eigenvalue weighted by atomic mass is 10.1. The van der Waals surface area contributed by atoms with E-state index in [2.05, 4.69) is 27.6 Å². The van der Waals surface area contributed by atoms with Gasteiger partial charge in [-0.2, -0.15) is 0 Å². The average molecular weight is 475 g/mol. The lowest BCUT2D eigenvalue weighted by Gasteiger charge is -2.11. The van der Waals surface area contributed by atoms with Gasteiger partial charge in [0.1, 0.15) is 11.6 Å². The second kappa shape index (κ2) is 11.6. The van der Waals surface area contributed by atoms with Gasteiger partial charge in [-0.3, -0.25) is 9.36 Å². The minimum Gasteiger partial charge on any atom is -0.356 e. The molecule has 5 nitrogen and oxygen atoms in total. The van der Waals surface area contributed by atoms with Gasteiger partial charge in [-0.15, -0.1) is 10.2 Å². The molecule has 0 aliphatic heterocycles. The Labute approximate surface area is 203 Å². The Balaban J connectivity index is 1.42. The van der Waals surface area contributed by atoms with Gasteiger partial charge in [0.05, 0.1) is 0 Å². The second-order valence-electron chi connectivity index (χ2n) is 8.07. The van der Waals surface area contributed by atoms with Crippen LogP contribution in [-0.2, 0) is 23.4 Å². The van der Waals surface area contributed by atoms with Gasteiger partial charge in [0.2, 0.25) is 5.91 Å². The van der Waals surface area contributed by atoms with E-state index in [9.17, 15) is 9.18 Å². The first kappa shape index (κ1) is 23.7. The number of nitrogens with zero attached hydrogens (tertiary/aromatic N) is 3. The van der Waals surface area contributed by atoms with Gasteiger partial charge in [0, 0.05) is 30.8 Å². The molecular weight excluding hydrogens is 447 g/mol. The molecule has 34 heavy (non-hydrogen) atoms. The number of thioether (sulfide) groups is 1. The molecule has 0 aliphatic rings. The predicted molar refractivity (Wildman–Crippen MR) is 134 cm³/mol. The third-order valence-corrected chi connectivity index (χ3v) is 6.40. The number of nitrogens with one attached hydrogen (secondary N) is 1. The Hall–Kier alpha value is -3.45. The zero-order valence-corrected chi connectivity index (χ0v) is 19.9. The maximum absolute atomic E-state index is 13.6. The van der Waals surface area contributed by atoms with Crippen molar-refractivity contribution in [1.29, 1.82) is 0 Å². The molecule has 0 aliphatic carbocycles. The Bertz CT molecular complexity index is 1230. The summed E-state index contributed by atoms with van der Waals surface area (Å²) in [6.45, 7) is 2.64. The van der Waals surface area contributed by atoms with Crippen LogP contribution in [0.2, 0.25) is 0 Å². The standard InChI is InChI=1S/C27H27FN4OS/c1-20-10-12-24(13-11-20)32-25(14-15-26(33)29-17-16-21-6-3-2-4-7-21)30-31-27(32)34-19-22-8-5-9-23(28)18-22/h2-13,18H,14-17,19H2,1H3,(H,29,33). The summed E-state index contributed by atoms with van der Waals surface area (Å²) in [5.41, 5.74) is 4.17. The van der Waals surface area contributed by atoms with E-state index in [1.54, 1.807) is 6.07 Å². The molecule has 4 aromatic rings. The van der Waals surface area contributed by atoms with Crippen molar-refractivity contribution in [2.24, 2.45) is 0 Å². The number of carbonyl (C=O) groups is 1. The summed E-state index contributed by atoms with van der Waals surface area (Å²) in [5, 5.41) is 12.5. The summed E-state index contributed by atoms with van der Waals surface area (Å²) < 4.78 is 15.5. The van der Waals surface area contributed by atoms with E-state index < -0.39 is 0 Å². The first-order chi connectivity index (χ1) is 16.6. The SMILES string of the molecule is Cc1ccc(-n2c(CCC(=O)NCCc3ccccc3)nnc2SCc2cccc(F)c2)cc1. The van der Waals surface area contributed by atoms with Crippen molar-refractivity contribution >= 4 is 17.7 Å². The van der Waals surface area contributed by atoms with Crippen LogP contribution < -0.4 is 5.32 Å². The van der Waals surface area contributed by atoms with Gasteiger partial charge in [0.25, 0.3) is 0 Å². The van der Waals surface area contributed by atoms with Crippen LogP contribution in [0, 0.1) is 12.7 Å². The van der Waals surface area contributed by atoms with Gasteiger partial charge >= 0.3 is 0 Å². The fourth-order valence-electron chi connectivity index (χ4n) is 3.59. The highest BCUT2D eigenvalue weighted by atomic mass is 32.2. The summed E-state index contributed by atoms with van der Waals surface area (Å²) in [7, 11) is 0. The van der Waals surface area contributed by atoms with Crippen LogP contribution in [0.15, 0.2) is 84.0 Å². The number of rotatable bonds is 10. The van der Waals surface area contributed by atoms with Crippen LogP contribution in [0.1, 0.15) is 28.9 Å². The zero-order valence-electron chi connectivity index (χ0n) is 19.1. The van der Waals surface area contributed by atoms with Crippen LogP contribution in [-0.4, -0.2) is 27.2 Å². The Morgan fingerprint density at radius 1 is 0.941 bits per heavy atom. The highest BCUT2D eigenvalue weighted by Crippen LogP contribution is 2.26. The van der Waals surface area contributed by atoms with Crippen molar-refractivity contribution in [1.82, 2.24) is 20.1 Å². The molecule has 4 rings (SSSR count). The zero-order chi connectivity index (χ0) is 23.8. The van der Waals surface area contributed by atoms with Gasteiger partial charge < -0.3 is 5.32 Å². The number of aromatic nitrogens is 3. The molecule has 1 heterocycles. The van der Waals surface area contributed by atoms with Crippen molar-refractivity contribution in [2.75, 3.05) is 6.54 Å². The van der Waals surface area contributed by atoms with E-state index in [1.807, 2.05) is 60.0 Å². The first-order valence-corrected chi connectivity index (χ1v) is 12.3. The summed E-state index contributed by atoms with van der Waals surface area (Å²) in [4.78, 5) is 12.4.